The summed E-state index contributed by atoms with van der Waals surface area (Å²) in [6.07, 6.45) is -1.50. The van der Waals surface area contributed by atoms with Gasteiger partial charge in [-0.1, -0.05) is 13.8 Å². The van der Waals surface area contributed by atoms with Crippen molar-refractivity contribution in [1.82, 2.24) is 16.0 Å². The fraction of sp³-hybridized carbons (Fsp3) is 0.714. The van der Waals surface area contributed by atoms with Crippen LogP contribution in [-0.2, 0) is 24.0 Å². The molecule has 0 aliphatic rings. The molecule has 206 valence electrons. The van der Waals surface area contributed by atoms with Crippen LogP contribution in [0.5, 0.6) is 0 Å². The Morgan fingerprint density at radius 2 is 1.44 bits per heavy atom. The number of hydrogen-bond acceptors (Lipinski definition) is 8. The molecular formula is C21H39N7O8. The highest BCUT2D eigenvalue weighted by atomic mass is 16.4. The molecule has 5 unspecified atom stereocenters. The number of guanidine groups is 1. The van der Waals surface area contributed by atoms with Crippen LogP contribution < -0.4 is 33.2 Å². The number of amides is 3. The summed E-state index contributed by atoms with van der Waals surface area (Å²) in [5.74, 6) is -5.32. The van der Waals surface area contributed by atoms with Gasteiger partial charge in [-0.25, -0.2) is 4.79 Å². The van der Waals surface area contributed by atoms with Crippen LogP contribution in [0.15, 0.2) is 4.99 Å². The van der Waals surface area contributed by atoms with Crippen molar-refractivity contribution in [3.05, 3.63) is 0 Å². The highest BCUT2D eigenvalue weighted by molar-refractivity contribution is 5.94. The van der Waals surface area contributed by atoms with Gasteiger partial charge in [-0.2, -0.15) is 0 Å². The molecule has 0 rings (SSSR count). The van der Waals surface area contributed by atoms with Gasteiger partial charge < -0.3 is 48.5 Å². The maximum absolute atomic E-state index is 12.9. The number of aliphatic hydroxyl groups is 1. The standard InChI is InChI=1S/C21H39N7O8/c1-10(2)9-14(18(33)26-13(20(35)36)6-7-15(30)31)27-19(34)16(11(3)29)28-17(32)12(22)5-4-8-25-21(23)24/h10-14,16,29H,4-9,22H2,1-3H3,(H,26,33)(H,27,34)(H,28,32)(H,30,31)(H,35,36)(H4,23,24,25). The molecule has 12 N–H and O–H groups in total. The van der Waals surface area contributed by atoms with Gasteiger partial charge in [0.1, 0.15) is 18.1 Å². The lowest BCUT2D eigenvalue weighted by Crippen LogP contribution is -2.60. The predicted octanol–water partition coefficient (Wildman–Crippen LogP) is -2.80. The van der Waals surface area contributed by atoms with Crippen molar-refractivity contribution in [2.75, 3.05) is 6.54 Å². The van der Waals surface area contributed by atoms with Gasteiger partial charge in [0, 0.05) is 13.0 Å². The van der Waals surface area contributed by atoms with Crippen LogP contribution in [0.2, 0.25) is 0 Å². The minimum Gasteiger partial charge on any atom is -0.481 e. The Kier molecular flexibility index (Phi) is 14.7. The number of carboxylic acids is 2. The van der Waals surface area contributed by atoms with Crippen molar-refractivity contribution in [1.29, 1.82) is 0 Å². The summed E-state index contributed by atoms with van der Waals surface area (Å²) in [7, 11) is 0. The van der Waals surface area contributed by atoms with Crippen molar-refractivity contribution in [2.24, 2.45) is 28.1 Å². The number of carbonyl (C=O) groups excluding carboxylic acids is 3. The minimum atomic E-state index is -1.48. The number of aliphatic hydroxyl groups excluding tert-OH is 1. The Hall–Kier alpha value is -3.46. The number of rotatable bonds is 17. The Labute approximate surface area is 209 Å². The van der Waals surface area contributed by atoms with Gasteiger partial charge in [-0.05, 0) is 38.5 Å². The molecule has 0 aromatic rings. The first-order valence-corrected chi connectivity index (χ1v) is 11.5. The smallest absolute Gasteiger partial charge is 0.326 e. The van der Waals surface area contributed by atoms with E-state index in [1.807, 2.05) is 0 Å². The van der Waals surface area contributed by atoms with E-state index in [4.69, 9.17) is 22.3 Å². The zero-order valence-corrected chi connectivity index (χ0v) is 20.8. The van der Waals surface area contributed by atoms with Crippen LogP contribution >= 0.6 is 0 Å². The van der Waals surface area contributed by atoms with Gasteiger partial charge in [-0.15, -0.1) is 0 Å². The monoisotopic (exact) mass is 517 g/mol. The SMILES string of the molecule is CC(C)CC(NC(=O)C(NC(=O)C(N)CCCN=C(N)N)C(C)O)C(=O)NC(CCC(=O)O)C(=O)O. The second-order valence-corrected chi connectivity index (χ2v) is 8.80. The Morgan fingerprint density at radius 1 is 0.861 bits per heavy atom. The zero-order valence-electron chi connectivity index (χ0n) is 20.8. The third-order valence-corrected chi connectivity index (χ3v) is 4.97. The molecule has 36 heavy (non-hydrogen) atoms. The van der Waals surface area contributed by atoms with Crippen molar-refractivity contribution in [2.45, 2.75) is 83.1 Å². The largest absolute Gasteiger partial charge is 0.481 e. The molecule has 0 aliphatic heterocycles. The van der Waals surface area contributed by atoms with Gasteiger partial charge in [0.2, 0.25) is 17.7 Å². The first-order valence-electron chi connectivity index (χ1n) is 11.5. The van der Waals surface area contributed by atoms with Crippen LogP contribution in [0.1, 0.15) is 52.9 Å². The van der Waals surface area contributed by atoms with Gasteiger partial charge in [0.25, 0.3) is 0 Å². The summed E-state index contributed by atoms with van der Waals surface area (Å²) in [5, 5.41) is 35.2. The second kappa shape index (κ2) is 16.3. The molecule has 0 aliphatic carbocycles. The van der Waals surface area contributed by atoms with Crippen LogP contribution in [0.4, 0.5) is 0 Å². The van der Waals surface area contributed by atoms with E-state index in [1.54, 1.807) is 13.8 Å². The van der Waals surface area contributed by atoms with Gasteiger partial charge >= 0.3 is 11.9 Å². The van der Waals surface area contributed by atoms with E-state index in [0.717, 1.165) is 0 Å². The molecule has 0 radical (unpaired) electrons. The van der Waals surface area contributed by atoms with Crippen molar-refractivity contribution < 1.29 is 39.3 Å². The van der Waals surface area contributed by atoms with Crippen molar-refractivity contribution in [3.63, 3.8) is 0 Å². The quantitative estimate of drug-likeness (QED) is 0.0539. The molecule has 0 bridgehead atoms. The number of aliphatic imine (C=N–C) groups is 1. The third-order valence-electron chi connectivity index (χ3n) is 4.97. The van der Waals surface area contributed by atoms with Gasteiger partial charge in [-0.3, -0.25) is 24.2 Å². The number of nitrogens with zero attached hydrogens (tertiary/aromatic N) is 1. The van der Waals surface area contributed by atoms with Gasteiger partial charge in [0.15, 0.2) is 5.96 Å². The molecule has 0 spiro atoms. The summed E-state index contributed by atoms with van der Waals surface area (Å²) in [6.45, 7) is 5.04. The maximum atomic E-state index is 12.9. The summed E-state index contributed by atoms with van der Waals surface area (Å²) in [6, 6.07) is -5.17. The number of hydrogen-bond donors (Lipinski definition) is 9. The molecule has 0 heterocycles. The molecule has 0 aromatic heterocycles. The number of aliphatic carboxylic acids is 2. The normalized spacial score (nSPS) is 15.1. The molecule has 0 saturated heterocycles. The van der Waals surface area contributed by atoms with E-state index in [1.165, 1.54) is 6.92 Å². The highest BCUT2D eigenvalue weighted by Crippen LogP contribution is 2.08. The topological polar surface area (TPSA) is 273 Å². The molecule has 0 fully saturated rings. The molecule has 5 atom stereocenters. The van der Waals surface area contributed by atoms with E-state index >= 15 is 0 Å². The van der Waals surface area contributed by atoms with E-state index in [-0.39, 0.29) is 37.7 Å². The number of nitrogens with one attached hydrogen (secondary N) is 3. The Balaban J connectivity index is 5.33. The predicted molar refractivity (Wildman–Crippen MR) is 129 cm³/mol. The van der Waals surface area contributed by atoms with Crippen LogP contribution in [-0.4, -0.2) is 87.8 Å². The highest BCUT2D eigenvalue weighted by Gasteiger charge is 2.32. The van der Waals surface area contributed by atoms with Crippen molar-refractivity contribution in [3.8, 4) is 0 Å². The Bertz CT molecular complexity index is 799. The summed E-state index contributed by atoms with van der Waals surface area (Å²) in [4.78, 5) is 64.0. The van der Waals surface area contributed by atoms with Gasteiger partial charge in [0.05, 0.1) is 12.1 Å². The molecule has 0 saturated carbocycles. The zero-order chi connectivity index (χ0) is 28.0. The number of carboxylic acid groups (broad SMARTS) is 2. The fourth-order valence-corrected chi connectivity index (χ4v) is 3.08. The Morgan fingerprint density at radius 3 is 1.92 bits per heavy atom. The van der Waals surface area contributed by atoms with Crippen molar-refractivity contribution >= 4 is 35.6 Å². The first-order chi connectivity index (χ1) is 16.6. The summed E-state index contributed by atoms with van der Waals surface area (Å²) < 4.78 is 0. The number of carbonyl (C=O) groups is 5. The van der Waals surface area contributed by atoms with Crippen LogP contribution in [0.25, 0.3) is 0 Å². The molecule has 15 heteroatoms. The summed E-state index contributed by atoms with van der Waals surface area (Å²) >= 11 is 0. The van der Waals surface area contributed by atoms with E-state index in [0.29, 0.717) is 6.42 Å². The molecule has 15 nitrogen and oxygen atoms in total. The van der Waals surface area contributed by atoms with E-state index in [2.05, 4.69) is 20.9 Å². The summed E-state index contributed by atoms with van der Waals surface area (Å²) in [5.41, 5.74) is 16.3. The molecular weight excluding hydrogens is 478 g/mol. The average molecular weight is 518 g/mol. The second-order valence-electron chi connectivity index (χ2n) is 8.80. The lowest BCUT2D eigenvalue weighted by atomic mass is 10.0. The maximum Gasteiger partial charge on any atom is 0.326 e. The first kappa shape index (κ1) is 32.5. The lowest BCUT2D eigenvalue weighted by Gasteiger charge is -2.27. The van der Waals surface area contributed by atoms with E-state index < -0.39 is 66.4 Å². The van der Waals surface area contributed by atoms with Crippen LogP contribution in [0.3, 0.4) is 0 Å². The molecule has 3 amide bonds. The third kappa shape index (κ3) is 13.4. The number of nitrogens with two attached hydrogens (primary N) is 3. The molecule has 0 aromatic carbocycles. The lowest BCUT2D eigenvalue weighted by molar-refractivity contribution is -0.143. The van der Waals surface area contributed by atoms with Crippen LogP contribution in [0, 0.1) is 5.92 Å². The van der Waals surface area contributed by atoms with E-state index in [9.17, 15) is 34.2 Å². The minimum absolute atomic E-state index is 0.101. The fourth-order valence-electron chi connectivity index (χ4n) is 3.08. The average Bonchev–Trinajstić information content (AvgIpc) is 2.75.